The van der Waals surface area contributed by atoms with Crippen molar-refractivity contribution in [3.05, 3.63) is 28.3 Å². The molecule has 1 heterocycles. The van der Waals surface area contributed by atoms with Gasteiger partial charge in [-0.15, -0.1) is 11.3 Å². The fourth-order valence-corrected chi connectivity index (χ4v) is 3.30. The van der Waals surface area contributed by atoms with Gasteiger partial charge in [-0.2, -0.15) is 0 Å². The normalized spacial score (nSPS) is 11.4. The monoisotopic (exact) mass is 353 g/mol. The molecule has 0 saturated heterocycles. The van der Waals surface area contributed by atoms with Crippen molar-refractivity contribution in [2.75, 3.05) is 26.3 Å². The Labute approximate surface area is 146 Å². The fraction of sp³-hybridized carbons (Fsp3) is 0.529. The van der Waals surface area contributed by atoms with Gasteiger partial charge in [-0.25, -0.2) is 0 Å². The largest absolute Gasteiger partial charge is 0.762 e. The van der Waals surface area contributed by atoms with Crippen molar-refractivity contribution < 1.29 is 14.7 Å². The van der Waals surface area contributed by atoms with E-state index in [2.05, 4.69) is 13.0 Å². The van der Waals surface area contributed by atoms with Gasteiger partial charge < -0.3 is 25.6 Å². The number of benzene rings is 1. The van der Waals surface area contributed by atoms with E-state index in [1.165, 1.54) is 4.88 Å². The van der Waals surface area contributed by atoms with Crippen molar-refractivity contribution in [3.63, 3.8) is 0 Å². The molecule has 0 spiro atoms. The van der Waals surface area contributed by atoms with E-state index in [-0.39, 0.29) is 11.8 Å². The summed E-state index contributed by atoms with van der Waals surface area (Å²) in [5.41, 5.74) is 5.51. The summed E-state index contributed by atoms with van der Waals surface area (Å²) < 4.78 is 12.9. The van der Waals surface area contributed by atoms with Gasteiger partial charge in [0, 0.05) is 22.2 Å². The zero-order valence-corrected chi connectivity index (χ0v) is 14.8. The SMILES string of the molecule is Cc1cc2cc(OCCCCN)c(OCCCCN([O-])O)cc2s1. The summed E-state index contributed by atoms with van der Waals surface area (Å²) in [6, 6.07) is 6.17. The van der Waals surface area contributed by atoms with E-state index < -0.39 is 0 Å². The molecule has 0 saturated carbocycles. The van der Waals surface area contributed by atoms with Crippen LogP contribution in [0.25, 0.3) is 10.1 Å². The molecule has 2 aromatic rings. The fourth-order valence-electron chi connectivity index (χ4n) is 2.37. The molecule has 0 bridgehead atoms. The molecular formula is C17H25N2O4S-. The van der Waals surface area contributed by atoms with Crippen LogP contribution in [-0.4, -0.2) is 36.7 Å². The summed E-state index contributed by atoms with van der Waals surface area (Å²) in [4.78, 5) is 1.25. The highest BCUT2D eigenvalue weighted by Crippen LogP contribution is 2.36. The molecule has 0 atom stereocenters. The Morgan fingerprint density at radius 2 is 1.75 bits per heavy atom. The molecule has 0 unspecified atom stereocenters. The number of nitrogens with two attached hydrogens (primary N) is 1. The average Bonchev–Trinajstić information content (AvgIpc) is 2.89. The third-order valence-corrected chi connectivity index (χ3v) is 4.58. The first kappa shape index (κ1) is 19.0. The number of hydroxylamine groups is 2. The molecule has 0 fully saturated rings. The molecule has 0 aliphatic heterocycles. The number of nitrogens with zero attached hydrogens (tertiary/aromatic N) is 1. The highest BCUT2D eigenvalue weighted by atomic mass is 32.1. The number of hydrogen-bond acceptors (Lipinski definition) is 7. The molecule has 134 valence electrons. The average molecular weight is 353 g/mol. The highest BCUT2D eigenvalue weighted by Gasteiger charge is 2.10. The van der Waals surface area contributed by atoms with Gasteiger partial charge in [0.2, 0.25) is 0 Å². The molecule has 6 nitrogen and oxygen atoms in total. The lowest BCUT2D eigenvalue weighted by atomic mass is 10.2. The summed E-state index contributed by atoms with van der Waals surface area (Å²) >= 11 is 1.72. The molecule has 1 aromatic heterocycles. The van der Waals surface area contributed by atoms with E-state index in [0.717, 1.165) is 34.4 Å². The molecule has 0 aliphatic carbocycles. The van der Waals surface area contributed by atoms with Crippen LogP contribution in [0.4, 0.5) is 0 Å². The number of fused-ring (bicyclic) bond motifs is 1. The smallest absolute Gasteiger partial charge is 0.162 e. The van der Waals surface area contributed by atoms with Crippen LogP contribution in [0.15, 0.2) is 18.2 Å². The van der Waals surface area contributed by atoms with Crippen LogP contribution >= 0.6 is 11.3 Å². The van der Waals surface area contributed by atoms with Gasteiger partial charge >= 0.3 is 0 Å². The van der Waals surface area contributed by atoms with E-state index in [4.69, 9.17) is 20.4 Å². The minimum absolute atomic E-state index is 0.0491. The quantitative estimate of drug-likeness (QED) is 0.473. The molecule has 24 heavy (non-hydrogen) atoms. The van der Waals surface area contributed by atoms with Gasteiger partial charge in [0.25, 0.3) is 0 Å². The summed E-state index contributed by atoms with van der Waals surface area (Å²) in [5.74, 6) is 1.46. The predicted molar refractivity (Wildman–Crippen MR) is 96.9 cm³/mol. The summed E-state index contributed by atoms with van der Waals surface area (Å²) in [7, 11) is 0. The number of thiophene rings is 1. The van der Waals surface area contributed by atoms with Gasteiger partial charge in [-0.05, 0) is 56.7 Å². The van der Waals surface area contributed by atoms with Gasteiger partial charge in [0.05, 0.1) is 13.2 Å². The minimum atomic E-state index is -0.0491. The van der Waals surface area contributed by atoms with Crippen molar-refractivity contribution in [1.82, 2.24) is 5.23 Å². The van der Waals surface area contributed by atoms with Gasteiger partial charge in [0.1, 0.15) is 0 Å². The first-order valence-electron chi connectivity index (χ1n) is 8.23. The van der Waals surface area contributed by atoms with Gasteiger partial charge in [-0.1, -0.05) is 0 Å². The molecule has 0 aliphatic rings. The van der Waals surface area contributed by atoms with E-state index in [1.807, 2.05) is 12.1 Å². The molecule has 0 radical (unpaired) electrons. The third kappa shape index (κ3) is 5.92. The maximum absolute atomic E-state index is 10.5. The third-order valence-electron chi connectivity index (χ3n) is 3.56. The lowest BCUT2D eigenvalue weighted by molar-refractivity contribution is -0.0418. The lowest BCUT2D eigenvalue weighted by Gasteiger charge is -2.18. The Morgan fingerprint density at radius 1 is 1.08 bits per heavy atom. The second kappa shape index (κ2) is 9.80. The number of ether oxygens (including phenoxy) is 2. The Morgan fingerprint density at radius 3 is 2.42 bits per heavy atom. The van der Waals surface area contributed by atoms with Crippen molar-refractivity contribution in [2.24, 2.45) is 5.73 Å². The summed E-state index contributed by atoms with van der Waals surface area (Å²) in [6.07, 6.45) is 3.11. The van der Waals surface area contributed by atoms with E-state index >= 15 is 0 Å². The lowest BCUT2D eigenvalue weighted by Crippen LogP contribution is -2.12. The molecular weight excluding hydrogens is 328 g/mol. The Kier molecular flexibility index (Phi) is 7.74. The van der Waals surface area contributed by atoms with Gasteiger partial charge in [-0.3, -0.25) is 5.23 Å². The zero-order chi connectivity index (χ0) is 17.4. The molecule has 1 aromatic carbocycles. The van der Waals surface area contributed by atoms with Crippen LogP contribution in [0.2, 0.25) is 0 Å². The minimum Gasteiger partial charge on any atom is -0.762 e. The number of unbranched alkanes of at least 4 members (excludes halogenated alkanes) is 2. The number of rotatable bonds is 11. The number of aryl methyl sites for hydroxylation is 1. The van der Waals surface area contributed by atoms with E-state index in [9.17, 15) is 5.21 Å². The van der Waals surface area contributed by atoms with E-state index in [0.29, 0.717) is 32.6 Å². The Hall–Kier alpha value is -1.38. The second-order valence-corrected chi connectivity index (χ2v) is 6.96. The van der Waals surface area contributed by atoms with Crippen molar-refractivity contribution in [2.45, 2.75) is 32.6 Å². The first-order chi connectivity index (χ1) is 11.6. The van der Waals surface area contributed by atoms with Crippen LogP contribution in [0.3, 0.4) is 0 Å². The summed E-state index contributed by atoms with van der Waals surface area (Å²) in [5, 5.41) is 20.1. The van der Waals surface area contributed by atoms with Gasteiger partial charge in [0.15, 0.2) is 11.5 Å². The van der Waals surface area contributed by atoms with Crippen LogP contribution in [0, 0.1) is 12.1 Å². The molecule has 0 amide bonds. The highest BCUT2D eigenvalue weighted by molar-refractivity contribution is 7.19. The second-order valence-electron chi connectivity index (χ2n) is 5.67. The van der Waals surface area contributed by atoms with Crippen molar-refractivity contribution in [3.8, 4) is 11.5 Å². The molecule has 3 N–H and O–H groups in total. The predicted octanol–water partition coefficient (Wildman–Crippen LogP) is 3.68. The topological polar surface area (TPSA) is 91.0 Å². The van der Waals surface area contributed by atoms with Crippen LogP contribution < -0.4 is 15.2 Å². The Bertz CT molecular complexity index is 630. The first-order valence-corrected chi connectivity index (χ1v) is 9.05. The van der Waals surface area contributed by atoms with Crippen LogP contribution in [-0.2, 0) is 0 Å². The Balaban J connectivity index is 2.00. The van der Waals surface area contributed by atoms with Crippen LogP contribution in [0.5, 0.6) is 11.5 Å². The van der Waals surface area contributed by atoms with Crippen molar-refractivity contribution in [1.29, 1.82) is 0 Å². The molecule has 2 rings (SSSR count). The van der Waals surface area contributed by atoms with Crippen molar-refractivity contribution >= 4 is 21.4 Å². The maximum Gasteiger partial charge on any atom is 0.162 e. The van der Waals surface area contributed by atoms with Crippen LogP contribution in [0.1, 0.15) is 30.6 Å². The number of hydrogen-bond donors (Lipinski definition) is 2. The zero-order valence-electron chi connectivity index (χ0n) is 14.0. The summed E-state index contributed by atoms with van der Waals surface area (Å²) in [6.45, 7) is 3.92. The molecule has 7 heteroatoms. The van der Waals surface area contributed by atoms with E-state index in [1.54, 1.807) is 11.3 Å². The standard InChI is InChI=1S/C17H25N2O4S/c1-13-10-14-11-15(22-8-4-2-6-18)16(12-17(14)24-13)23-9-5-3-7-19(20)21/h10-12,20H,2-9,18H2,1H3/q-1. The maximum atomic E-state index is 10.5.